The van der Waals surface area contributed by atoms with Gasteiger partial charge in [0.2, 0.25) is 0 Å². The number of benzene rings is 1. The van der Waals surface area contributed by atoms with E-state index >= 15 is 0 Å². The largest absolute Gasteiger partial charge is 0.497 e. The highest BCUT2D eigenvalue weighted by Crippen LogP contribution is 2.18. The first-order valence-electron chi connectivity index (χ1n) is 9.49. The van der Waals surface area contributed by atoms with Gasteiger partial charge >= 0.3 is 0 Å². The molecule has 134 valence electrons. The minimum atomic E-state index is 0.495. The molecule has 1 aliphatic carbocycles. The smallest absolute Gasteiger partial charge is 0.170 e. The molecule has 0 saturated heterocycles. The van der Waals surface area contributed by atoms with Gasteiger partial charge in [-0.15, -0.1) is 0 Å². The lowest BCUT2D eigenvalue weighted by molar-refractivity contribution is 0.415. The standard InChI is InChI=1S/C20H32N2OS/c1-23-19-15-11-14-18(16-19)22-20(24)21-17-12-9-7-5-3-2-4-6-8-10-13-17/h11,14-17H,2-10,12-13H2,1H3,(H2,21,22,24). The second kappa shape index (κ2) is 11.3. The summed E-state index contributed by atoms with van der Waals surface area (Å²) in [7, 11) is 1.68. The Morgan fingerprint density at radius 1 is 0.958 bits per heavy atom. The maximum atomic E-state index is 5.52. The minimum absolute atomic E-state index is 0.495. The fourth-order valence-electron chi connectivity index (χ4n) is 3.36. The van der Waals surface area contributed by atoms with Crippen LogP contribution in [0.4, 0.5) is 5.69 Å². The van der Waals surface area contributed by atoms with Gasteiger partial charge in [-0.05, 0) is 37.2 Å². The Morgan fingerprint density at radius 3 is 2.12 bits per heavy atom. The summed E-state index contributed by atoms with van der Waals surface area (Å²) < 4.78 is 5.26. The molecule has 4 heteroatoms. The van der Waals surface area contributed by atoms with E-state index in [1.54, 1.807) is 7.11 Å². The third kappa shape index (κ3) is 7.52. The Morgan fingerprint density at radius 2 is 1.54 bits per heavy atom. The fraction of sp³-hybridized carbons (Fsp3) is 0.650. The molecule has 0 amide bonds. The van der Waals surface area contributed by atoms with Crippen molar-refractivity contribution in [3.63, 3.8) is 0 Å². The molecule has 0 bridgehead atoms. The van der Waals surface area contributed by atoms with Crippen molar-refractivity contribution in [1.82, 2.24) is 5.32 Å². The number of anilines is 1. The maximum absolute atomic E-state index is 5.52. The summed E-state index contributed by atoms with van der Waals surface area (Å²) in [6.45, 7) is 0. The Labute approximate surface area is 152 Å². The van der Waals surface area contributed by atoms with Crippen LogP contribution in [0, 0.1) is 0 Å². The van der Waals surface area contributed by atoms with Crippen LogP contribution in [0.1, 0.15) is 70.6 Å². The molecule has 0 unspecified atom stereocenters. The Hall–Kier alpha value is -1.29. The average Bonchev–Trinajstić information content (AvgIpc) is 2.57. The number of hydrogen-bond donors (Lipinski definition) is 2. The lowest BCUT2D eigenvalue weighted by atomic mass is 9.98. The van der Waals surface area contributed by atoms with Crippen molar-refractivity contribution < 1.29 is 4.74 Å². The van der Waals surface area contributed by atoms with Gasteiger partial charge in [0.05, 0.1) is 7.11 Å². The number of thiocarbonyl (C=S) groups is 1. The van der Waals surface area contributed by atoms with Crippen LogP contribution >= 0.6 is 12.2 Å². The molecular weight excluding hydrogens is 316 g/mol. The van der Waals surface area contributed by atoms with Gasteiger partial charge in [-0.25, -0.2) is 0 Å². The molecule has 0 heterocycles. The van der Waals surface area contributed by atoms with Gasteiger partial charge in [0.15, 0.2) is 5.11 Å². The van der Waals surface area contributed by atoms with E-state index in [2.05, 4.69) is 10.6 Å². The zero-order chi connectivity index (χ0) is 17.0. The first-order valence-corrected chi connectivity index (χ1v) is 9.90. The van der Waals surface area contributed by atoms with Crippen molar-refractivity contribution in [1.29, 1.82) is 0 Å². The van der Waals surface area contributed by atoms with Gasteiger partial charge in [0.25, 0.3) is 0 Å². The zero-order valence-electron chi connectivity index (χ0n) is 15.0. The first-order chi connectivity index (χ1) is 11.8. The number of rotatable bonds is 3. The molecule has 2 rings (SSSR count). The van der Waals surface area contributed by atoms with Gasteiger partial charge in [0.1, 0.15) is 5.75 Å². The van der Waals surface area contributed by atoms with E-state index in [1.165, 1.54) is 70.6 Å². The van der Waals surface area contributed by atoms with Crippen LogP contribution in [-0.2, 0) is 0 Å². The molecule has 1 fully saturated rings. The summed E-state index contributed by atoms with van der Waals surface area (Å²) in [5.41, 5.74) is 0.972. The third-order valence-corrected chi connectivity index (χ3v) is 4.99. The number of ether oxygens (including phenoxy) is 1. The quantitative estimate of drug-likeness (QED) is 0.691. The highest BCUT2D eigenvalue weighted by molar-refractivity contribution is 7.80. The molecule has 0 radical (unpaired) electrons. The molecule has 0 atom stereocenters. The predicted molar refractivity (Wildman–Crippen MR) is 107 cm³/mol. The summed E-state index contributed by atoms with van der Waals surface area (Å²) >= 11 is 5.52. The number of nitrogens with one attached hydrogen (secondary N) is 2. The Bertz CT molecular complexity index is 480. The summed E-state index contributed by atoms with van der Waals surface area (Å²) in [4.78, 5) is 0. The van der Waals surface area contributed by atoms with Gasteiger partial charge in [0, 0.05) is 17.8 Å². The van der Waals surface area contributed by atoms with Gasteiger partial charge in [-0.2, -0.15) is 0 Å². The molecular formula is C20H32N2OS. The van der Waals surface area contributed by atoms with Crippen molar-refractivity contribution in [3.8, 4) is 5.75 Å². The van der Waals surface area contributed by atoms with E-state index in [-0.39, 0.29) is 0 Å². The van der Waals surface area contributed by atoms with Crippen LogP contribution in [0.25, 0.3) is 0 Å². The lowest BCUT2D eigenvalue weighted by Gasteiger charge is -2.21. The average molecular weight is 349 g/mol. The van der Waals surface area contributed by atoms with Crippen LogP contribution in [0.2, 0.25) is 0 Å². The maximum Gasteiger partial charge on any atom is 0.170 e. The highest BCUT2D eigenvalue weighted by Gasteiger charge is 2.11. The van der Waals surface area contributed by atoms with Crippen molar-refractivity contribution >= 4 is 23.0 Å². The van der Waals surface area contributed by atoms with E-state index < -0.39 is 0 Å². The predicted octanol–water partition coefficient (Wildman–Crippen LogP) is 5.65. The van der Waals surface area contributed by atoms with E-state index in [0.29, 0.717) is 6.04 Å². The Balaban J connectivity index is 1.82. The Kier molecular flexibility index (Phi) is 8.96. The van der Waals surface area contributed by atoms with Crippen molar-refractivity contribution in [2.75, 3.05) is 12.4 Å². The summed E-state index contributed by atoms with van der Waals surface area (Å²) in [6.07, 6.45) is 14.8. The molecule has 24 heavy (non-hydrogen) atoms. The molecule has 1 aromatic carbocycles. The van der Waals surface area contributed by atoms with E-state index in [4.69, 9.17) is 17.0 Å². The molecule has 0 spiro atoms. The van der Waals surface area contributed by atoms with Crippen LogP contribution in [0.15, 0.2) is 24.3 Å². The third-order valence-electron chi connectivity index (χ3n) is 4.77. The molecule has 1 aliphatic rings. The number of hydrogen-bond acceptors (Lipinski definition) is 2. The van der Waals surface area contributed by atoms with E-state index in [1.807, 2.05) is 24.3 Å². The van der Waals surface area contributed by atoms with Crippen molar-refractivity contribution in [3.05, 3.63) is 24.3 Å². The van der Waals surface area contributed by atoms with E-state index in [0.717, 1.165) is 16.5 Å². The normalized spacial score (nSPS) is 18.0. The van der Waals surface area contributed by atoms with Crippen LogP contribution < -0.4 is 15.4 Å². The first kappa shape index (κ1) is 19.0. The summed E-state index contributed by atoms with van der Waals surface area (Å²) in [6, 6.07) is 8.39. The van der Waals surface area contributed by atoms with Crippen molar-refractivity contribution in [2.45, 2.75) is 76.7 Å². The molecule has 0 aromatic heterocycles. The van der Waals surface area contributed by atoms with Crippen molar-refractivity contribution in [2.24, 2.45) is 0 Å². The second-order valence-corrected chi connectivity index (χ2v) is 7.19. The van der Waals surface area contributed by atoms with Gasteiger partial charge < -0.3 is 15.4 Å². The topological polar surface area (TPSA) is 33.3 Å². The van der Waals surface area contributed by atoms with Crippen LogP contribution in [0.3, 0.4) is 0 Å². The van der Waals surface area contributed by atoms with Gasteiger partial charge in [-0.3, -0.25) is 0 Å². The molecule has 2 N–H and O–H groups in total. The number of methoxy groups -OCH3 is 1. The second-order valence-electron chi connectivity index (χ2n) is 6.79. The fourth-order valence-corrected chi connectivity index (χ4v) is 3.65. The summed E-state index contributed by atoms with van der Waals surface area (Å²) in [5, 5.41) is 7.55. The van der Waals surface area contributed by atoms with E-state index in [9.17, 15) is 0 Å². The lowest BCUT2D eigenvalue weighted by Crippen LogP contribution is -2.37. The molecule has 1 saturated carbocycles. The van der Waals surface area contributed by atoms with Crippen LogP contribution in [-0.4, -0.2) is 18.3 Å². The minimum Gasteiger partial charge on any atom is -0.497 e. The molecule has 0 aliphatic heterocycles. The molecule has 3 nitrogen and oxygen atoms in total. The highest BCUT2D eigenvalue weighted by atomic mass is 32.1. The summed E-state index contributed by atoms with van der Waals surface area (Å²) in [5.74, 6) is 0.841. The monoisotopic (exact) mass is 348 g/mol. The molecule has 1 aromatic rings. The zero-order valence-corrected chi connectivity index (χ0v) is 15.8. The van der Waals surface area contributed by atoms with Gasteiger partial charge in [-0.1, -0.05) is 63.9 Å². The van der Waals surface area contributed by atoms with Crippen LogP contribution in [0.5, 0.6) is 5.75 Å². The SMILES string of the molecule is COc1cccc(NC(=S)NC2CCCCCCCCCCC2)c1.